The Labute approximate surface area is 122 Å². The molecule has 0 amide bonds. The van der Waals surface area contributed by atoms with Gasteiger partial charge in [-0.25, -0.2) is 4.79 Å². The zero-order valence-corrected chi connectivity index (χ0v) is 11.8. The monoisotopic (exact) mass is 282 g/mol. The van der Waals surface area contributed by atoms with E-state index in [4.69, 9.17) is 14.2 Å². The molecule has 3 rings (SSSR count). The lowest BCUT2D eigenvalue weighted by Gasteiger charge is -2.10. The number of esters is 1. The maximum atomic E-state index is 11.9. The van der Waals surface area contributed by atoms with Gasteiger partial charge in [0, 0.05) is 11.1 Å². The molecule has 0 bridgehead atoms. The molecule has 2 aromatic rings. The van der Waals surface area contributed by atoms with Gasteiger partial charge in [0.25, 0.3) is 0 Å². The van der Waals surface area contributed by atoms with Crippen LogP contribution in [0.2, 0.25) is 0 Å². The quantitative estimate of drug-likeness (QED) is 0.640. The Kier molecular flexibility index (Phi) is 3.36. The highest BCUT2D eigenvalue weighted by atomic mass is 16.6. The van der Waals surface area contributed by atoms with Gasteiger partial charge < -0.3 is 14.2 Å². The maximum absolute atomic E-state index is 11.9. The topological polar surface area (TPSA) is 44.8 Å². The van der Waals surface area contributed by atoms with Crippen LogP contribution in [0.15, 0.2) is 48.5 Å². The van der Waals surface area contributed by atoms with Gasteiger partial charge in [-0.3, -0.25) is 0 Å². The standard InChI is InChI=1S/C17H14O4/c1-19-12-9-7-11(8-10-12)15(20-2)16-13-5-3-4-6-14(13)17(18)21-16/h3-10H,1-2H3. The molecule has 0 fully saturated rings. The van der Waals surface area contributed by atoms with Crippen molar-refractivity contribution in [2.24, 2.45) is 0 Å². The number of methoxy groups -OCH3 is 2. The zero-order valence-electron chi connectivity index (χ0n) is 11.8. The molecular weight excluding hydrogens is 268 g/mol. The normalized spacial score (nSPS) is 15.2. The maximum Gasteiger partial charge on any atom is 0.344 e. The van der Waals surface area contributed by atoms with Crippen molar-refractivity contribution < 1.29 is 19.0 Å². The van der Waals surface area contributed by atoms with Crippen LogP contribution < -0.4 is 4.74 Å². The molecule has 1 heterocycles. The molecule has 0 N–H and O–H groups in total. The SMILES string of the molecule is COC(=C1OC(=O)c2ccccc21)c1ccc(OC)cc1. The van der Waals surface area contributed by atoms with Gasteiger partial charge in [-0.05, 0) is 30.3 Å². The molecule has 2 aromatic carbocycles. The molecule has 1 aliphatic rings. The molecule has 0 saturated heterocycles. The van der Waals surface area contributed by atoms with Crippen molar-refractivity contribution in [3.8, 4) is 5.75 Å². The lowest BCUT2D eigenvalue weighted by atomic mass is 10.1. The number of carbonyl (C=O) groups is 1. The van der Waals surface area contributed by atoms with Gasteiger partial charge in [0.2, 0.25) is 0 Å². The fourth-order valence-corrected chi connectivity index (χ4v) is 2.31. The van der Waals surface area contributed by atoms with Gasteiger partial charge >= 0.3 is 5.97 Å². The summed E-state index contributed by atoms with van der Waals surface area (Å²) in [6.45, 7) is 0. The van der Waals surface area contributed by atoms with Gasteiger partial charge in [-0.2, -0.15) is 0 Å². The summed E-state index contributed by atoms with van der Waals surface area (Å²) in [5, 5.41) is 0. The highest BCUT2D eigenvalue weighted by Crippen LogP contribution is 2.36. The third kappa shape index (κ3) is 2.25. The first-order valence-electron chi connectivity index (χ1n) is 6.49. The first-order chi connectivity index (χ1) is 10.2. The Balaban J connectivity index is 2.12. The molecule has 4 heteroatoms. The van der Waals surface area contributed by atoms with Crippen molar-refractivity contribution in [3.05, 3.63) is 65.2 Å². The highest BCUT2D eigenvalue weighted by molar-refractivity contribution is 6.07. The Hall–Kier alpha value is -2.75. The second kappa shape index (κ2) is 5.32. The molecule has 0 saturated carbocycles. The minimum Gasteiger partial charge on any atom is -0.497 e. The van der Waals surface area contributed by atoms with Gasteiger partial charge in [0.15, 0.2) is 11.5 Å². The van der Waals surface area contributed by atoms with Crippen LogP contribution >= 0.6 is 0 Å². The number of benzene rings is 2. The third-order valence-electron chi connectivity index (χ3n) is 3.35. The zero-order chi connectivity index (χ0) is 14.8. The van der Waals surface area contributed by atoms with Gasteiger partial charge in [0.05, 0.1) is 19.8 Å². The van der Waals surface area contributed by atoms with E-state index in [1.54, 1.807) is 20.3 Å². The number of hydrogen-bond acceptors (Lipinski definition) is 4. The summed E-state index contributed by atoms with van der Waals surface area (Å²) >= 11 is 0. The molecule has 0 radical (unpaired) electrons. The van der Waals surface area contributed by atoms with Crippen molar-refractivity contribution in [2.45, 2.75) is 0 Å². The summed E-state index contributed by atoms with van der Waals surface area (Å²) in [5.41, 5.74) is 2.11. The molecule has 4 nitrogen and oxygen atoms in total. The first-order valence-corrected chi connectivity index (χ1v) is 6.49. The van der Waals surface area contributed by atoms with E-state index in [-0.39, 0.29) is 5.97 Å². The predicted octanol–water partition coefficient (Wildman–Crippen LogP) is 3.34. The molecule has 0 aliphatic carbocycles. The Morgan fingerprint density at radius 3 is 2.24 bits per heavy atom. The van der Waals surface area contributed by atoms with Crippen LogP contribution in [0.25, 0.3) is 11.5 Å². The lowest BCUT2D eigenvalue weighted by Crippen LogP contribution is -1.96. The van der Waals surface area contributed by atoms with E-state index in [1.807, 2.05) is 42.5 Å². The first kappa shape index (κ1) is 13.2. The van der Waals surface area contributed by atoms with E-state index < -0.39 is 0 Å². The lowest BCUT2D eigenvalue weighted by molar-refractivity contribution is 0.0713. The van der Waals surface area contributed by atoms with Crippen LogP contribution in [0.4, 0.5) is 0 Å². The fourth-order valence-electron chi connectivity index (χ4n) is 2.31. The summed E-state index contributed by atoms with van der Waals surface area (Å²) in [6, 6.07) is 14.6. The Bertz CT molecular complexity index is 714. The van der Waals surface area contributed by atoms with E-state index >= 15 is 0 Å². The molecule has 0 aromatic heterocycles. The smallest absolute Gasteiger partial charge is 0.344 e. The van der Waals surface area contributed by atoms with E-state index in [2.05, 4.69) is 0 Å². The summed E-state index contributed by atoms with van der Waals surface area (Å²) in [6.07, 6.45) is 0. The summed E-state index contributed by atoms with van der Waals surface area (Å²) in [5.74, 6) is 1.37. The van der Waals surface area contributed by atoms with Crippen LogP contribution in [0.3, 0.4) is 0 Å². The van der Waals surface area contributed by atoms with Crippen molar-refractivity contribution >= 4 is 17.5 Å². The van der Waals surface area contributed by atoms with E-state index in [9.17, 15) is 4.79 Å². The molecule has 0 spiro atoms. The van der Waals surface area contributed by atoms with Crippen LogP contribution in [-0.2, 0) is 9.47 Å². The van der Waals surface area contributed by atoms with E-state index in [0.29, 0.717) is 17.1 Å². The van der Waals surface area contributed by atoms with Crippen LogP contribution in [0.5, 0.6) is 5.75 Å². The number of fused-ring (bicyclic) bond motifs is 1. The highest BCUT2D eigenvalue weighted by Gasteiger charge is 2.29. The number of cyclic esters (lactones) is 1. The van der Waals surface area contributed by atoms with Crippen molar-refractivity contribution in [2.75, 3.05) is 14.2 Å². The van der Waals surface area contributed by atoms with Gasteiger partial charge in [0.1, 0.15) is 5.75 Å². The molecular formula is C17H14O4. The van der Waals surface area contributed by atoms with E-state index in [0.717, 1.165) is 16.9 Å². The number of rotatable bonds is 3. The van der Waals surface area contributed by atoms with E-state index in [1.165, 1.54) is 0 Å². The minimum absolute atomic E-state index is 0.358. The average molecular weight is 282 g/mol. The Morgan fingerprint density at radius 2 is 1.62 bits per heavy atom. The summed E-state index contributed by atoms with van der Waals surface area (Å²) < 4.78 is 16.0. The van der Waals surface area contributed by atoms with Gasteiger partial charge in [-0.15, -0.1) is 0 Å². The average Bonchev–Trinajstić information content (AvgIpc) is 2.86. The van der Waals surface area contributed by atoms with Crippen molar-refractivity contribution in [1.82, 2.24) is 0 Å². The van der Waals surface area contributed by atoms with Crippen LogP contribution in [0.1, 0.15) is 21.5 Å². The number of hydrogen-bond donors (Lipinski definition) is 0. The largest absolute Gasteiger partial charge is 0.497 e. The molecule has 0 unspecified atom stereocenters. The fraction of sp³-hybridized carbons (Fsp3) is 0.118. The third-order valence-corrected chi connectivity index (χ3v) is 3.35. The summed E-state index contributed by atoms with van der Waals surface area (Å²) in [4.78, 5) is 11.9. The molecule has 0 atom stereocenters. The summed E-state index contributed by atoms with van der Waals surface area (Å²) in [7, 11) is 3.17. The second-order valence-corrected chi connectivity index (χ2v) is 4.53. The van der Waals surface area contributed by atoms with Crippen molar-refractivity contribution in [1.29, 1.82) is 0 Å². The molecule has 1 aliphatic heterocycles. The second-order valence-electron chi connectivity index (χ2n) is 4.53. The van der Waals surface area contributed by atoms with Gasteiger partial charge in [-0.1, -0.05) is 18.2 Å². The Morgan fingerprint density at radius 1 is 0.952 bits per heavy atom. The van der Waals surface area contributed by atoms with Crippen LogP contribution in [-0.4, -0.2) is 20.2 Å². The minimum atomic E-state index is -0.358. The predicted molar refractivity (Wildman–Crippen MR) is 78.7 cm³/mol. The van der Waals surface area contributed by atoms with Crippen molar-refractivity contribution in [3.63, 3.8) is 0 Å². The number of ether oxygens (including phenoxy) is 3. The van der Waals surface area contributed by atoms with Crippen LogP contribution in [0, 0.1) is 0 Å². The molecule has 21 heavy (non-hydrogen) atoms. The molecule has 106 valence electrons. The number of carbonyl (C=O) groups excluding carboxylic acids is 1.